The molecule has 1 saturated carbocycles. The summed E-state index contributed by atoms with van der Waals surface area (Å²) in [6.07, 6.45) is 5.35. The third kappa shape index (κ3) is 3.94. The zero-order chi connectivity index (χ0) is 12.1. The van der Waals surface area contributed by atoms with Crippen molar-refractivity contribution in [3.05, 3.63) is 23.9 Å². The van der Waals surface area contributed by atoms with Crippen molar-refractivity contribution in [3.63, 3.8) is 0 Å². The minimum Gasteiger partial charge on any atom is -0.383 e. The first-order chi connectivity index (χ1) is 8.25. The summed E-state index contributed by atoms with van der Waals surface area (Å²) in [5.74, 6) is 1.30. The van der Waals surface area contributed by atoms with E-state index in [1.54, 1.807) is 12.3 Å². The summed E-state index contributed by atoms with van der Waals surface area (Å²) in [6.45, 7) is 1.16. The number of hydrogen-bond donors (Lipinski definition) is 3. The van der Waals surface area contributed by atoms with Gasteiger partial charge in [0, 0.05) is 24.8 Å². The normalized spacial score (nSPS) is 14.4. The van der Waals surface area contributed by atoms with Crippen molar-refractivity contribution in [2.45, 2.75) is 25.8 Å². The van der Waals surface area contributed by atoms with Crippen molar-refractivity contribution >= 4 is 11.8 Å². The van der Waals surface area contributed by atoms with Crippen molar-refractivity contribution in [1.82, 2.24) is 15.6 Å². The van der Waals surface area contributed by atoms with Crippen LogP contribution in [0.25, 0.3) is 0 Å². The van der Waals surface area contributed by atoms with Gasteiger partial charge in [-0.2, -0.15) is 0 Å². The standard InChI is InChI=1S/C12H18N4O/c13-11-10(2-1-6-14-11)8-16-12(17)15-7-5-9-3-4-9/h1-2,6,9H,3-5,7-8H2,(H2,13,14)(H2,15,16,17). The second-order valence-electron chi connectivity index (χ2n) is 4.39. The molecule has 0 radical (unpaired) electrons. The Morgan fingerprint density at radius 3 is 3.00 bits per heavy atom. The molecule has 0 aromatic carbocycles. The Morgan fingerprint density at radius 1 is 1.47 bits per heavy atom. The predicted molar refractivity (Wildman–Crippen MR) is 66.2 cm³/mol. The highest BCUT2D eigenvalue weighted by Gasteiger charge is 2.20. The molecule has 1 aliphatic carbocycles. The quantitative estimate of drug-likeness (QED) is 0.717. The van der Waals surface area contributed by atoms with Gasteiger partial charge in [-0.05, 0) is 18.4 Å². The van der Waals surface area contributed by atoms with Crippen LogP contribution in [-0.2, 0) is 6.54 Å². The SMILES string of the molecule is Nc1ncccc1CNC(=O)NCCC1CC1. The third-order valence-corrected chi connectivity index (χ3v) is 2.90. The van der Waals surface area contributed by atoms with E-state index in [1.807, 2.05) is 6.07 Å². The molecular formula is C12H18N4O. The van der Waals surface area contributed by atoms with Gasteiger partial charge >= 0.3 is 6.03 Å². The Morgan fingerprint density at radius 2 is 2.29 bits per heavy atom. The Labute approximate surface area is 101 Å². The topological polar surface area (TPSA) is 80.0 Å². The van der Waals surface area contributed by atoms with Crippen molar-refractivity contribution < 1.29 is 4.79 Å². The van der Waals surface area contributed by atoms with Crippen LogP contribution in [0.15, 0.2) is 18.3 Å². The highest BCUT2D eigenvalue weighted by molar-refractivity contribution is 5.73. The molecule has 0 aliphatic heterocycles. The second-order valence-corrected chi connectivity index (χ2v) is 4.39. The van der Waals surface area contributed by atoms with Gasteiger partial charge < -0.3 is 16.4 Å². The summed E-state index contributed by atoms with van der Waals surface area (Å²) in [5, 5.41) is 5.60. The summed E-state index contributed by atoms with van der Waals surface area (Å²) in [6, 6.07) is 3.51. The van der Waals surface area contributed by atoms with E-state index in [1.165, 1.54) is 12.8 Å². The highest BCUT2D eigenvalue weighted by Crippen LogP contribution is 2.31. The Hall–Kier alpha value is -1.78. The highest BCUT2D eigenvalue weighted by atomic mass is 16.2. The maximum Gasteiger partial charge on any atom is 0.315 e. The molecule has 1 aromatic heterocycles. The first-order valence-electron chi connectivity index (χ1n) is 5.97. The molecule has 1 aliphatic rings. The lowest BCUT2D eigenvalue weighted by Crippen LogP contribution is -2.35. The van der Waals surface area contributed by atoms with E-state index in [2.05, 4.69) is 15.6 Å². The van der Waals surface area contributed by atoms with Crippen molar-refractivity contribution in [2.24, 2.45) is 5.92 Å². The van der Waals surface area contributed by atoms with Gasteiger partial charge in [0.1, 0.15) is 5.82 Å². The number of rotatable bonds is 5. The van der Waals surface area contributed by atoms with Crippen LogP contribution in [0.3, 0.4) is 0 Å². The molecule has 92 valence electrons. The molecular weight excluding hydrogens is 216 g/mol. The fourth-order valence-corrected chi connectivity index (χ4v) is 1.63. The summed E-state index contributed by atoms with van der Waals surface area (Å²) < 4.78 is 0. The van der Waals surface area contributed by atoms with Crippen LogP contribution in [-0.4, -0.2) is 17.6 Å². The van der Waals surface area contributed by atoms with E-state index in [0.717, 1.165) is 24.4 Å². The van der Waals surface area contributed by atoms with Gasteiger partial charge in [-0.3, -0.25) is 0 Å². The molecule has 0 bridgehead atoms. The minimum atomic E-state index is -0.145. The van der Waals surface area contributed by atoms with Gasteiger partial charge in [-0.1, -0.05) is 18.9 Å². The van der Waals surface area contributed by atoms with E-state index < -0.39 is 0 Å². The lowest BCUT2D eigenvalue weighted by Gasteiger charge is -2.08. The number of aromatic nitrogens is 1. The van der Waals surface area contributed by atoms with Gasteiger partial charge in [0.25, 0.3) is 0 Å². The molecule has 1 fully saturated rings. The van der Waals surface area contributed by atoms with E-state index in [-0.39, 0.29) is 6.03 Å². The first kappa shape index (κ1) is 11.7. The molecule has 17 heavy (non-hydrogen) atoms. The Bertz CT molecular complexity index is 390. The average molecular weight is 234 g/mol. The van der Waals surface area contributed by atoms with Crippen molar-refractivity contribution in [2.75, 3.05) is 12.3 Å². The van der Waals surface area contributed by atoms with Crippen LogP contribution in [0.5, 0.6) is 0 Å². The van der Waals surface area contributed by atoms with Crippen LogP contribution in [0.2, 0.25) is 0 Å². The maximum absolute atomic E-state index is 11.4. The lowest BCUT2D eigenvalue weighted by atomic mass is 10.2. The number of carbonyl (C=O) groups excluding carboxylic acids is 1. The molecule has 0 atom stereocenters. The Kier molecular flexibility index (Phi) is 3.80. The van der Waals surface area contributed by atoms with Crippen LogP contribution < -0.4 is 16.4 Å². The summed E-state index contributed by atoms with van der Waals surface area (Å²) in [5.41, 5.74) is 6.51. The summed E-state index contributed by atoms with van der Waals surface area (Å²) in [7, 11) is 0. The van der Waals surface area contributed by atoms with E-state index in [0.29, 0.717) is 12.4 Å². The summed E-state index contributed by atoms with van der Waals surface area (Å²) >= 11 is 0. The average Bonchev–Trinajstić information content (AvgIpc) is 3.12. The molecule has 1 heterocycles. The van der Waals surface area contributed by atoms with Gasteiger partial charge in [0.15, 0.2) is 0 Å². The zero-order valence-electron chi connectivity index (χ0n) is 9.78. The monoisotopic (exact) mass is 234 g/mol. The number of urea groups is 1. The second kappa shape index (κ2) is 5.52. The first-order valence-corrected chi connectivity index (χ1v) is 5.97. The molecule has 0 saturated heterocycles. The number of carbonyl (C=O) groups is 1. The number of nitrogens with zero attached hydrogens (tertiary/aromatic N) is 1. The Balaban J connectivity index is 1.66. The maximum atomic E-state index is 11.4. The smallest absolute Gasteiger partial charge is 0.315 e. The largest absolute Gasteiger partial charge is 0.383 e. The van der Waals surface area contributed by atoms with Crippen LogP contribution in [0.1, 0.15) is 24.8 Å². The van der Waals surface area contributed by atoms with Crippen molar-refractivity contribution in [1.29, 1.82) is 0 Å². The number of hydrogen-bond acceptors (Lipinski definition) is 3. The number of nitrogens with two attached hydrogens (primary N) is 1. The van der Waals surface area contributed by atoms with Gasteiger partial charge in [0.05, 0.1) is 0 Å². The third-order valence-electron chi connectivity index (χ3n) is 2.90. The number of amides is 2. The number of pyridine rings is 1. The van der Waals surface area contributed by atoms with E-state index >= 15 is 0 Å². The van der Waals surface area contributed by atoms with Crippen LogP contribution >= 0.6 is 0 Å². The fraction of sp³-hybridized carbons (Fsp3) is 0.500. The molecule has 1 aromatic rings. The van der Waals surface area contributed by atoms with E-state index in [9.17, 15) is 4.79 Å². The number of nitrogen functional groups attached to an aromatic ring is 1. The fourth-order valence-electron chi connectivity index (χ4n) is 1.63. The zero-order valence-corrected chi connectivity index (χ0v) is 9.78. The summed E-state index contributed by atoms with van der Waals surface area (Å²) in [4.78, 5) is 15.4. The molecule has 4 N–H and O–H groups in total. The molecule has 0 spiro atoms. The van der Waals surface area contributed by atoms with Crippen molar-refractivity contribution in [3.8, 4) is 0 Å². The number of anilines is 1. The molecule has 5 nitrogen and oxygen atoms in total. The molecule has 2 rings (SSSR count). The lowest BCUT2D eigenvalue weighted by molar-refractivity contribution is 0.240. The number of nitrogens with one attached hydrogen (secondary N) is 2. The van der Waals surface area contributed by atoms with E-state index in [4.69, 9.17) is 5.73 Å². The van der Waals surface area contributed by atoms with Gasteiger partial charge in [-0.25, -0.2) is 9.78 Å². The predicted octanol–water partition coefficient (Wildman–Crippen LogP) is 1.26. The van der Waals surface area contributed by atoms with Gasteiger partial charge in [0.2, 0.25) is 0 Å². The molecule has 5 heteroatoms. The van der Waals surface area contributed by atoms with Crippen LogP contribution in [0, 0.1) is 5.92 Å². The van der Waals surface area contributed by atoms with Crippen LogP contribution in [0.4, 0.5) is 10.6 Å². The molecule has 2 amide bonds. The minimum absolute atomic E-state index is 0.145. The van der Waals surface area contributed by atoms with Gasteiger partial charge in [-0.15, -0.1) is 0 Å². The molecule has 0 unspecified atom stereocenters.